The number of hydrogen-bond acceptors (Lipinski definition) is 9. The van der Waals surface area contributed by atoms with Crippen molar-refractivity contribution in [3.8, 4) is 11.9 Å². The number of morpholine rings is 1. The molecule has 2 aromatic heterocycles. The highest BCUT2D eigenvalue weighted by atomic mass is 32.1. The van der Waals surface area contributed by atoms with E-state index in [0.29, 0.717) is 56.5 Å². The van der Waals surface area contributed by atoms with Crippen LogP contribution in [0.15, 0.2) is 54.0 Å². The van der Waals surface area contributed by atoms with Gasteiger partial charge in [-0.1, -0.05) is 12.1 Å². The van der Waals surface area contributed by atoms with Gasteiger partial charge < -0.3 is 23.8 Å². The molecule has 0 amide bonds. The molecule has 3 aromatic rings. The minimum absolute atomic E-state index is 0.0178. The summed E-state index contributed by atoms with van der Waals surface area (Å²) in [5, 5.41) is 11.8. The average Bonchev–Trinajstić information content (AvgIpc) is 3.47. The van der Waals surface area contributed by atoms with Crippen molar-refractivity contribution in [1.82, 2.24) is 4.98 Å². The Labute approximate surface area is 220 Å². The lowest BCUT2D eigenvalue weighted by atomic mass is 9.74. The highest BCUT2D eigenvalue weighted by Crippen LogP contribution is 2.49. The number of esters is 1. The first kappa shape index (κ1) is 25.2. The van der Waals surface area contributed by atoms with E-state index in [4.69, 9.17) is 18.9 Å². The predicted octanol–water partition coefficient (Wildman–Crippen LogP) is 4.39. The van der Waals surface area contributed by atoms with Crippen LogP contribution in [0.1, 0.15) is 39.2 Å². The van der Waals surface area contributed by atoms with Crippen LogP contribution in [-0.2, 0) is 19.8 Å². The lowest BCUT2D eigenvalue weighted by molar-refractivity contribution is -0.0278. The van der Waals surface area contributed by atoms with Crippen LogP contribution in [0.3, 0.4) is 0 Å². The molecule has 2 aliphatic rings. The number of ether oxygens (including phenoxy) is 4. The number of thiophene rings is 1. The first-order valence-corrected chi connectivity index (χ1v) is 13.3. The molecule has 4 heterocycles. The minimum atomic E-state index is -1.05. The maximum Gasteiger partial charge on any atom is 0.339 e. The van der Waals surface area contributed by atoms with E-state index in [1.54, 1.807) is 12.3 Å². The summed E-state index contributed by atoms with van der Waals surface area (Å²) >= 11 is 1.47. The fraction of sp³-hybridized carbons (Fsp3) is 0.393. The fourth-order valence-electron chi connectivity index (χ4n) is 5.21. The third kappa shape index (κ3) is 4.92. The molecule has 2 fully saturated rings. The molecule has 1 atom stereocenters. The Balaban J connectivity index is 1.76. The smallest absolute Gasteiger partial charge is 0.339 e. The van der Waals surface area contributed by atoms with E-state index in [9.17, 15) is 10.1 Å². The molecule has 5 rings (SSSR count). The summed E-state index contributed by atoms with van der Waals surface area (Å²) in [6, 6.07) is 15.5. The first-order valence-electron chi connectivity index (χ1n) is 12.4. The lowest BCUT2D eigenvalue weighted by Crippen LogP contribution is -2.45. The molecule has 0 aliphatic carbocycles. The Morgan fingerprint density at radius 3 is 2.62 bits per heavy atom. The Kier molecular flexibility index (Phi) is 7.70. The van der Waals surface area contributed by atoms with E-state index >= 15 is 0 Å². The second-order valence-electron chi connectivity index (χ2n) is 8.99. The van der Waals surface area contributed by atoms with Crippen molar-refractivity contribution in [2.75, 3.05) is 51.5 Å². The standard InChI is InChI=1S/C28H29N3O5S/c1-33-27(32)23-9-17-37-26(23)28(21-7-13-34-14-8-21,36-25-4-2-3-10-30-25)22-6-5-20(19-29)24(18-22)31-11-15-35-16-12-31/h2-6,9-10,17-18,21H,7-8,11-16H2,1H3. The quantitative estimate of drug-likeness (QED) is 0.425. The van der Waals surface area contributed by atoms with Crippen LogP contribution >= 0.6 is 11.3 Å². The molecule has 9 heteroatoms. The normalized spacial score (nSPS) is 18.0. The number of rotatable bonds is 7. The largest absolute Gasteiger partial charge is 0.465 e. The summed E-state index contributed by atoms with van der Waals surface area (Å²) in [4.78, 5) is 20.4. The Bertz CT molecular complexity index is 1260. The molecule has 0 spiro atoms. The van der Waals surface area contributed by atoms with Crippen molar-refractivity contribution < 1.29 is 23.7 Å². The van der Waals surface area contributed by atoms with Crippen LogP contribution in [0.2, 0.25) is 0 Å². The topological polar surface area (TPSA) is 93.9 Å². The van der Waals surface area contributed by atoms with Gasteiger partial charge in [-0.15, -0.1) is 11.3 Å². The Morgan fingerprint density at radius 2 is 1.92 bits per heavy atom. The summed E-state index contributed by atoms with van der Waals surface area (Å²) in [6.45, 7) is 3.75. The number of hydrogen-bond donors (Lipinski definition) is 0. The van der Waals surface area contributed by atoms with Gasteiger partial charge in [-0.2, -0.15) is 5.26 Å². The van der Waals surface area contributed by atoms with Crippen molar-refractivity contribution in [1.29, 1.82) is 5.26 Å². The predicted molar refractivity (Wildman–Crippen MR) is 139 cm³/mol. The van der Waals surface area contributed by atoms with Crippen LogP contribution in [0, 0.1) is 17.2 Å². The van der Waals surface area contributed by atoms with Crippen LogP contribution in [-0.4, -0.2) is 57.6 Å². The van der Waals surface area contributed by atoms with Crippen molar-refractivity contribution in [3.05, 3.63) is 75.6 Å². The van der Waals surface area contributed by atoms with Gasteiger partial charge in [0.1, 0.15) is 6.07 Å². The van der Waals surface area contributed by atoms with E-state index in [0.717, 1.165) is 29.0 Å². The monoisotopic (exact) mass is 519 g/mol. The Morgan fingerprint density at radius 1 is 1.14 bits per heavy atom. The first-order chi connectivity index (χ1) is 18.2. The maximum absolute atomic E-state index is 12.9. The number of methoxy groups -OCH3 is 1. The molecule has 37 heavy (non-hydrogen) atoms. The third-order valence-corrected chi connectivity index (χ3v) is 8.04. The van der Waals surface area contributed by atoms with Crippen LogP contribution < -0.4 is 9.64 Å². The van der Waals surface area contributed by atoms with Crippen molar-refractivity contribution >= 4 is 23.0 Å². The number of nitriles is 1. The number of carbonyl (C=O) groups excluding carboxylic acids is 1. The van der Waals surface area contributed by atoms with Crippen molar-refractivity contribution in [2.45, 2.75) is 18.4 Å². The molecule has 2 saturated heterocycles. The molecule has 0 N–H and O–H groups in total. The summed E-state index contributed by atoms with van der Waals surface area (Å²) < 4.78 is 23.4. The number of anilines is 1. The van der Waals surface area contributed by atoms with Gasteiger partial charge in [-0.05, 0) is 42.5 Å². The van der Waals surface area contributed by atoms with E-state index in [-0.39, 0.29) is 5.92 Å². The molecule has 192 valence electrons. The van der Waals surface area contributed by atoms with Gasteiger partial charge >= 0.3 is 5.97 Å². The van der Waals surface area contributed by atoms with Gasteiger partial charge in [0.15, 0.2) is 5.60 Å². The molecule has 1 aromatic carbocycles. The van der Waals surface area contributed by atoms with Gasteiger partial charge in [0, 0.05) is 50.0 Å². The third-order valence-electron chi connectivity index (χ3n) is 7.01. The Hall–Kier alpha value is -3.45. The van der Waals surface area contributed by atoms with Crippen molar-refractivity contribution in [2.24, 2.45) is 5.92 Å². The lowest BCUT2D eigenvalue weighted by Gasteiger charge is -2.43. The second-order valence-corrected chi connectivity index (χ2v) is 9.91. The number of pyridine rings is 1. The van der Waals surface area contributed by atoms with Crippen molar-refractivity contribution in [3.63, 3.8) is 0 Å². The molecular formula is C28H29N3O5S. The zero-order chi connectivity index (χ0) is 25.7. The van der Waals surface area contributed by atoms with E-state index in [1.807, 2.05) is 41.8 Å². The fourth-order valence-corrected chi connectivity index (χ4v) is 6.33. The molecule has 0 saturated carbocycles. The van der Waals surface area contributed by atoms with Crippen LogP contribution in [0.5, 0.6) is 5.88 Å². The number of nitrogens with zero attached hydrogens (tertiary/aromatic N) is 3. The highest BCUT2D eigenvalue weighted by Gasteiger charge is 2.49. The molecule has 0 radical (unpaired) electrons. The van der Waals surface area contributed by atoms with Gasteiger partial charge in [0.25, 0.3) is 0 Å². The maximum atomic E-state index is 12.9. The number of aromatic nitrogens is 1. The van der Waals surface area contributed by atoms with E-state index in [2.05, 4.69) is 16.0 Å². The number of carbonyl (C=O) groups is 1. The van der Waals surface area contributed by atoms with Crippen LogP contribution in [0.25, 0.3) is 0 Å². The second kappa shape index (κ2) is 11.3. The van der Waals surface area contributed by atoms with Gasteiger partial charge in [0.05, 0.1) is 42.0 Å². The zero-order valence-corrected chi connectivity index (χ0v) is 21.5. The zero-order valence-electron chi connectivity index (χ0n) is 20.7. The van der Waals surface area contributed by atoms with Gasteiger partial charge in [-0.25, -0.2) is 9.78 Å². The summed E-state index contributed by atoms with van der Waals surface area (Å²) in [6.07, 6.45) is 3.16. The SMILES string of the molecule is COC(=O)c1ccsc1C(Oc1ccccn1)(c1ccc(C#N)c(N2CCOCC2)c1)C1CCOCC1. The van der Waals surface area contributed by atoms with E-state index in [1.165, 1.54) is 18.4 Å². The highest BCUT2D eigenvalue weighted by molar-refractivity contribution is 7.10. The number of benzene rings is 1. The van der Waals surface area contributed by atoms with E-state index < -0.39 is 11.6 Å². The average molecular weight is 520 g/mol. The molecule has 2 aliphatic heterocycles. The molecule has 0 bridgehead atoms. The molecule has 1 unspecified atom stereocenters. The summed E-state index contributed by atoms with van der Waals surface area (Å²) in [7, 11) is 1.39. The summed E-state index contributed by atoms with van der Waals surface area (Å²) in [5.41, 5.74) is 1.69. The summed E-state index contributed by atoms with van der Waals surface area (Å²) in [5.74, 6) is 0.0191. The minimum Gasteiger partial charge on any atom is -0.465 e. The van der Waals surface area contributed by atoms with Crippen LogP contribution in [0.4, 0.5) is 5.69 Å². The van der Waals surface area contributed by atoms with Gasteiger partial charge in [-0.3, -0.25) is 0 Å². The van der Waals surface area contributed by atoms with Gasteiger partial charge in [0.2, 0.25) is 5.88 Å². The molecule has 8 nitrogen and oxygen atoms in total. The molecular weight excluding hydrogens is 490 g/mol.